The minimum Gasteiger partial charge on any atom is -0.378 e. The van der Waals surface area contributed by atoms with Crippen molar-refractivity contribution >= 4 is 11.6 Å². The summed E-state index contributed by atoms with van der Waals surface area (Å²) in [6, 6.07) is 4.41. The molecule has 8 heteroatoms. The largest absolute Gasteiger partial charge is 0.416 e. The van der Waals surface area contributed by atoms with Crippen molar-refractivity contribution in [1.82, 2.24) is 5.32 Å². The van der Waals surface area contributed by atoms with E-state index in [0.29, 0.717) is 37.9 Å². The predicted octanol–water partition coefficient (Wildman–Crippen LogP) is 2.75. The molecular weight excluding hydrogens is 345 g/mol. The zero-order valence-electron chi connectivity index (χ0n) is 14.7. The number of nitrogens with two attached hydrogens (primary N) is 1. The lowest BCUT2D eigenvalue weighted by molar-refractivity contribution is -0.138. The average molecular weight is 370 g/mol. The summed E-state index contributed by atoms with van der Waals surface area (Å²) in [5.41, 5.74) is 5.82. The summed E-state index contributed by atoms with van der Waals surface area (Å²) < 4.78 is 45.7. The zero-order chi connectivity index (χ0) is 18.6. The van der Waals surface area contributed by atoms with Crippen molar-refractivity contribution in [1.29, 1.82) is 0 Å². The van der Waals surface area contributed by atoms with Crippen LogP contribution in [0.2, 0.25) is 0 Å². The van der Waals surface area contributed by atoms with E-state index in [9.17, 15) is 13.2 Å². The average Bonchev–Trinajstić information content (AvgIpc) is 2.58. The van der Waals surface area contributed by atoms with Gasteiger partial charge in [0.2, 0.25) is 0 Å². The number of rotatable bonds is 5. The van der Waals surface area contributed by atoms with E-state index in [4.69, 9.17) is 10.5 Å². The molecule has 0 radical (unpaired) electrons. The third-order valence-corrected chi connectivity index (χ3v) is 4.99. The summed E-state index contributed by atoms with van der Waals surface area (Å²) in [5, 5.41) is 3.00. The first-order valence-electron chi connectivity index (χ1n) is 9.00. The molecular formula is C18H25F3N4O. The fourth-order valence-corrected chi connectivity index (χ4v) is 3.16. The molecule has 1 aliphatic heterocycles. The number of guanidine groups is 1. The monoisotopic (exact) mass is 370 g/mol. The Labute approximate surface area is 151 Å². The van der Waals surface area contributed by atoms with Gasteiger partial charge in [0.15, 0.2) is 5.96 Å². The Morgan fingerprint density at radius 1 is 1.27 bits per heavy atom. The lowest BCUT2D eigenvalue weighted by atomic mass is 9.85. The van der Waals surface area contributed by atoms with Crippen molar-refractivity contribution in [2.45, 2.75) is 32.0 Å². The molecule has 1 saturated carbocycles. The fraction of sp³-hybridized carbons (Fsp3) is 0.611. The van der Waals surface area contributed by atoms with Gasteiger partial charge in [-0.05, 0) is 36.5 Å². The van der Waals surface area contributed by atoms with E-state index in [1.165, 1.54) is 31.4 Å². The van der Waals surface area contributed by atoms with Crippen LogP contribution >= 0.6 is 0 Å². The second kappa shape index (κ2) is 8.16. The van der Waals surface area contributed by atoms with Gasteiger partial charge in [-0.2, -0.15) is 13.2 Å². The smallest absolute Gasteiger partial charge is 0.378 e. The van der Waals surface area contributed by atoms with Gasteiger partial charge in [0.05, 0.1) is 25.3 Å². The number of ether oxygens (including phenoxy) is 1. The summed E-state index contributed by atoms with van der Waals surface area (Å²) in [5.74, 6) is 0.796. The number of hydrogen-bond donors (Lipinski definition) is 2. The molecule has 1 heterocycles. The van der Waals surface area contributed by atoms with E-state index in [1.54, 1.807) is 6.07 Å². The number of morpholine rings is 1. The van der Waals surface area contributed by atoms with Crippen molar-refractivity contribution in [3.8, 4) is 0 Å². The van der Waals surface area contributed by atoms with Gasteiger partial charge in [-0.3, -0.25) is 0 Å². The van der Waals surface area contributed by atoms with Crippen molar-refractivity contribution in [2.24, 2.45) is 16.6 Å². The molecule has 0 unspecified atom stereocenters. The maximum Gasteiger partial charge on any atom is 0.416 e. The fourth-order valence-electron chi connectivity index (χ4n) is 3.16. The van der Waals surface area contributed by atoms with Crippen LogP contribution in [0.3, 0.4) is 0 Å². The first-order chi connectivity index (χ1) is 12.4. The van der Waals surface area contributed by atoms with E-state index in [2.05, 4.69) is 10.3 Å². The van der Waals surface area contributed by atoms with E-state index in [0.717, 1.165) is 6.54 Å². The van der Waals surface area contributed by atoms with Crippen LogP contribution in [0.25, 0.3) is 0 Å². The van der Waals surface area contributed by atoms with Gasteiger partial charge < -0.3 is 20.7 Å². The van der Waals surface area contributed by atoms with Crippen molar-refractivity contribution in [2.75, 3.05) is 37.7 Å². The molecule has 0 aromatic heterocycles. The number of anilines is 1. The lowest BCUT2D eigenvalue weighted by Crippen LogP contribution is -2.37. The van der Waals surface area contributed by atoms with Crippen LogP contribution in [0.15, 0.2) is 23.2 Å². The molecule has 0 spiro atoms. The topological polar surface area (TPSA) is 62.9 Å². The van der Waals surface area contributed by atoms with Gasteiger partial charge in [-0.15, -0.1) is 0 Å². The molecule has 144 valence electrons. The number of nitrogens with zero attached hydrogens (tertiary/aromatic N) is 2. The van der Waals surface area contributed by atoms with Crippen molar-refractivity contribution in [3.05, 3.63) is 29.3 Å². The first-order valence-corrected chi connectivity index (χ1v) is 9.00. The molecule has 2 aliphatic rings. The Kier molecular flexibility index (Phi) is 5.90. The molecule has 1 saturated heterocycles. The van der Waals surface area contributed by atoms with Crippen LogP contribution in [-0.4, -0.2) is 38.8 Å². The molecule has 1 aromatic rings. The molecule has 1 aromatic carbocycles. The normalized spacial score (nSPS) is 19.3. The van der Waals surface area contributed by atoms with Gasteiger partial charge in [-0.25, -0.2) is 4.99 Å². The molecule has 0 amide bonds. The lowest BCUT2D eigenvalue weighted by Gasteiger charge is -2.29. The van der Waals surface area contributed by atoms with Crippen LogP contribution in [0.1, 0.15) is 30.4 Å². The number of halogens is 3. The SMILES string of the molecule is NC(=NCc1ccc(N2CCOCC2)cc1C(F)(F)F)NCC1CCC1. The highest BCUT2D eigenvalue weighted by atomic mass is 19.4. The second-order valence-electron chi connectivity index (χ2n) is 6.82. The highest BCUT2D eigenvalue weighted by Crippen LogP contribution is 2.35. The highest BCUT2D eigenvalue weighted by Gasteiger charge is 2.34. The number of benzene rings is 1. The third kappa shape index (κ3) is 4.81. The minimum absolute atomic E-state index is 0.0955. The van der Waals surface area contributed by atoms with Crippen LogP contribution in [0.5, 0.6) is 0 Å². The van der Waals surface area contributed by atoms with E-state index in [1.807, 2.05) is 4.90 Å². The number of hydrogen-bond acceptors (Lipinski definition) is 3. The molecule has 0 atom stereocenters. The number of nitrogens with one attached hydrogen (secondary N) is 1. The number of alkyl halides is 3. The zero-order valence-corrected chi connectivity index (χ0v) is 14.7. The quantitative estimate of drug-likeness (QED) is 0.618. The molecule has 5 nitrogen and oxygen atoms in total. The van der Waals surface area contributed by atoms with Gasteiger partial charge in [0, 0.05) is 25.3 Å². The van der Waals surface area contributed by atoms with E-state index < -0.39 is 11.7 Å². The van der Waals surface area contributed by atoms with Crippen molar-refractivity contribution in [3.63, 3.8) is 0 Å². The summed E-state index contributed by atoms with van der Waals surface area (Å²) in [4.78, 5) is 5.99. The number of aliphatic imine (C=N–C) groups is 1. The minimum atomic E-state index is -4.43. The maximum absolute atomic E-state index is 13.5. The molecule has 3 N–H and O–H groups in total. The Bertz CT molecular complexity index is 638. The van der Waals surface area contributed by atoms with Gasteiger partial charge in [0.25, 0.3) is 0 Å². The Hall–Kier alpha value is -1.96. The van der Waals surface area contributed by atoms with Crippen molar-refractivity contribution < 1.29 is 17.9 Å². The van der Waals surface area contributed by atoms with E-state index >= 15 is 0 Å². The van der Waals surface area contributed by atoms with Crippen LogP contribution < -0.4 is 16.0 Å². The standard InChI is InChI=1S/C18H25F3N4O/c19-18(20,21)16-10-15(25-6-8-26-9-7-25)5-4-14(16)12-24-17(22)23-11-13-2-1-3-13/h4-5,10,13H,1-3,6-9,11-12H2,(H3,22,23,24). The summed E-state index contributed by atoms with van der Waals surface area (Å²) in [6.45, 7) is 2.87. The van der Waals surface area contributed by atoms with Crippen LogP contribution in [0, 0.1) is 5.92 Å². The van der Waals surface area contributed by atoms with Gasteiger partial charge in [-0.1, -0.05) is 12.5 Å². The first kappa shape index (κ1) is 18.8. The predicted molar refractivity (Wildman–Crippen MR) is 95.1 cm³/mol. The Morgan fingerprint density at radius 2 is 2.00 bits per heavy atom. The molecule has 0 bridgehead atoms. The molecule has 1 aliphatic carbocycles. The highest BCUT2D eigenvalue weighted by molar-refractivity contribution is 5.77. The van der Waals surface area contributed by atoms with Gasteiger partial charge >= 0.3 is 6.18 Å². The van der Waals surface area contributed by atoms with Crippen LogP contribution in [0.4, 0.5) is 18.9 Å². The summed E-state index contributed by atoms with van der Waals surface area (Å²) in [6.07, 6.45) is -0.863. The second-order valence-corrected chi connectivity index (χ2v) is 6.82. The molecule has 26 heavy (non-hydrogen) atoms. The maximum atomic E-state index is 13.5. The third-order valence-electron chi connectivity index (χ3n) is 4.99. The van der Waals surface area contributed by atoms with E-state index in [-0.39, 0.29) is 18.1 Å². The summed E-state index contributed by atoms with van der Waals surface area (Å²) in [7, 11) is 0. The Morgan fingerprint density at radius 3 is 2.62 bits per heavy atom. The van der Waals surface area contributed by atoms with Gasteiger partial charge in [0.1, 0.15) is 0 Å². The molecule has 2 fully saturated rings. The molecule has 3 rings (SSSR count). The Balaban J connectivity index is 1.70. The van der Waals surface area contributed by atoms with Crippen LogP contribution in [-0.2, 0) is 17.5 Å². The summed E-state index contributed by atoms with van der Waals surface area (Å²) >= 11 is 0.